The van der Waals surface area contributed by atoms with E-state index < -0.39 is 6.04 Å². The summed E-state index contributed by atoms with van der Waals surface area (Å²) in [6.07, 6.45) is 0.824. The van der Waals surface area contributed by atoms with Crippen LogP contribution in [-0.4, -0.2) is 77.0 Å². The van der Waals surface area contributed by atoms with E-state index in [4.69, 9.17) is 4.52 Å². The number of fused-ring (bicyclic) bond motifs is 1. The molecule has 0 saturated carbocycles. The van der Waals surface area contributed by atoms with Crippen LogP contribution in [0.3, 0.4) is 0 Å². The maximum atomic E-state index is 12.4. The summed E-state index contributed by atoms with van der Waals surface area (Å²) in [5.74, 6) is 0.871. The second kappa shape index (κ2) is 7.35. The maximum Gasteiger partial charge on any atom is 0.317 e. The van der Waals surface area contributed by atoms with E-state index in [9.17, 15) is 14.4 Å². The first-order valence-electron chi connectivity index (χ1n) is 8.87. The number of urea groups is 1. The van der Waals surface area contributed by atoms with E-state index in [-0.39, 0.29) is 37.5 Å². The Bertz CT molecular complexity index is 701. The SMILES string of the molecule is CC(C)Cc1cc(CNC(=O)N2CCN3C(=O)CN(C)C(=O)[C@H]3C2)on1. The Morgan fingerprint density at radius 2 is 2.15 bits per heavy atom. The minimum Gasteiger partial charge on any atom is -0.359 e. The number of rotatable bonds is 4. The summed E-state index contributed by atoms with van der Waals surface area (Å²) >= 11 is 0. The maximum absolute atomic E-state index is 12.4. The first-order chi connectivity index (χ1) is 12.3. The highest BCUT2D eigenvalue weighted by molar-refractivity contribution is 5.95. The number of carbonyl (C=O) groups is 3. The smallest absolute Gasteiger partial charge is 0.317 e. The first kappa shape index (κ1) is 18.2. The minimum atomic E-state index is -0.594. The van der Waals surface area contributed by atoms with E-state index in [0.717, 1.165) is 12.1 Å². The van der Waals surface area contributed by atoms with Crippen LogP contribution in [-0.2, 0) is 22.6 Å². The van der Waals surface area contributed by atoms with Crippen LogP contribution >= 0.6 is 0 Å². The molecule has 0 unspecified atom stereocenters. The number of nitrogens with zero attached hydrogens (tertiary/aromatic N) is 4. The third kappa shape index (κ3) is 3.81. The van der Waals surface area contributed by atoms with E-state index in [1.165, 1.54) is 4.90 Å². The quantitative estimate of drug-likeness (QED) is 0.816. The average Bonchev–Trinajstić information content (AvgIpc) is 3.04. The Balaban J connectivity index is 1.55. The topological polar surface area (TPSA) is 99.0 Å². The van der Waals surface area contributed by atoms with Crippen LogP contribution in [0.2, 0.25) is 0 Å². The van der Waals surface area contributed by atoms with Crippen molar-refractivity contribution in [1.82, 2.24) is 25.2 Å². The summed E-state index contributed by atoms with van der Waals surface area (Å²) in [6.45, 7) is 5.52. The second-order valence-electron chi connectivity index (χ2n) is 7.28. The zero-order valence-electron chi connectivity index (χ0n) is 15.4. The Morgan fingerprint density at radius 3 is 2.88 bits per heavy atom. The van der Waals surface area contributed by atoms with Crippen molar-refractivity contribution in [3.63, 3.8) is 0 Å². The molecule has 1 N–H and O–H groups in total. The van der Waals surface area contributed by atoms with Crippen molar-refractivity contribution in [2.24, 2.45) is 5.92 Å². The number of likely N-dealkylation sites (N-methyl/N-ethyl adjacent to an activating group) is 1. The number of piperazine rings is 2. The number of hydrogen-bond donors (Lipinski definition) is 1. The zero-order chi connectivity index (χ0) is 18.8. The largest absolute Gasteiger partial charge is 0.359 e. The molecule has 0 aliphatic carbocycles. The van der Waals surface area contributed by atoms with Gasteiger partial charge in [-0.05, 0) is 12.3 Å². The lowest BCUT2D eigenvalue weighted by Gasteiger charge is -2.45. The van der Waals surface area contributed by atoms with E-state index in [2.05, 4.69) is 24.3 Å². The monoisotopic (exact) mass is 363 g/mol. The summed E-state index contributed by atoms with van der Waals surface area (Å²) in [7, 11) is 1.61. The van der Waals surface area contributed by atoms with Gasteiger partial charge in [-0.1, -0.05) is 19.0 Å². The van der Waals surface area contributed by atoms with Gasteiger partial charge < -0.3 is 24.5 Å². The fraction of sp³-hybridized carbons (Fsp3) is 0.647. The van der Waals surface area contributed by atoms with E-state index >= 15 is 0 Å². The fourth-order valence-electron chi connectivity index (χ4n) is 3.33. The molecule has 9 nitrogen and oxygen atoms in total. The summed E-state index contributed by atoms with van der Waals surface area (Å²) in [6, 6.07) is 0.972. The van der Waals surface area contributed by atoms with Crippen LogP contribution in [0.5, 0.6) is 0 Å². The van der Waals surface area contributed by atoms with Gasteiger partial charge in [-0.25, -0.2) is 4.79 Å². The predicted molar refractivity (Wildman–Crippen MR) is 92.0 cm³/mol. The molecule has 1 atom stereocenters. The molecule has 0 radical (unpaired) electrons. The zero-order valence-corrected chi connectivity index (χ0v) is 15.4. The Hall–Kier alpha value is -2.58. The van der Waals surface area contributed by atoms with Crippen molar-refractivity contribution in [1.29, 1.82) is 0 Å². The lowest BCUT2D eigenvalue weighted by Crippen LogP contribution is -2.67. The van der Waals surface area contributed by atoms with Crippen molar-refractivity contribution in [2.45, 2.75) is 32.9 Å². The number of aromatic nitrogens is 1. The van der Waals surface area contributed by atoms with Crippen molar-refractivity contribution in [3.05, 3.63) is 17.5 Å². The van der Waals surface area contributed by atoms with Crippen molar-refractivity contribution in [3.8, 4) is 0 Å². The van der Waals surface area contributed by atoms with Gasteiger partial charge in [0.15, 0.2) is 5.76 Å². The number of carbonyl (C=O) groups excluding carboxylic acids is 3. The molecule has 26 heavy (non-hydrogen) atoms. The van der Waals surface area contributed by atoms with Crippen LogP contribution < -0.4 is 5.32 Å². The molecular weight excluding hydrogens is 338 g/mol. The molecule has 0 bridgehead atoms. The van der Waals surface area contributed by atoms with Crippen LogP contribution in [0.25, 0.3) is 0 Å². The third-order valence-corrected chi connectivity index (χ3v) is 4.66. The van der Waals surface area contributed by atoms with Crippen LogP contribution in [0, 0.1) is 5.92 Å². The highest BCUT2D eigenvalue weighted by atomic mass is 16.5. The summed E-state index contributed by atoms with van der Waals surface area (Å²) < 4.78 is 5.24. The average molecular weight is 363 g/mol. The molecule has 142 valence electrons. The molecular formula is C17H25N5O4. The molecule has 0 aromatic carbocycles. The molecule has 9 heteroatoms. The normalized spacial score (nSPS) is 20.6. The van der Waals surface area contributed by atoms with Crippen LogP contribution in [0.4, 0.5) is 4.79 Å². The number of amides is 4. The highest BCUT2D eigenvalue weighted by Crippen LogP contribution is 2.17. The van der Waals surface area contributed by atoms with E-state index in [0.29, 0.717) is 24.8 Å². The van der Waals surface area contributed by atoms with E-state index in [1.54, 1.807) is 16.8 Å². The minimum absolute atomic E-state index is 0.0727. The molecule has 0 spiro atoms. The van der Waals surface area contributed by atoms with Crippen molar-refractivity contribution < 1.29 is 18.9 Å². The van der Waals surface area contributed by atoms with Gasteiger partial charge in [0.05, 0.1) is 25.3 Å². The highest BCUT2D eigenvalue weighted by Gasteiger charge is 2.42. The Labute approximate surface area is 152 Å². The lowest BCUT2D eigenvalue weighted by molar-refractivity contribution is -0.157. The number of hydrogen-bond acceptors (Lipinski definition) is 5. The van der Waals surface area contributed by atoms with Crippen molar-refractivity contribution in [2.75, 3.05) is 33.2 Å². The van der Waals surface area contributed by atoms with Gasteiger partial charge in [0, 0.05) is 26.2 Å². The molecule has 2 fully saturated rings. The summed E-state index contributed by atoms with van der Waals surface area (Å²) in [5, 5.41) is 6.79. The van der Waals surface area contributed by atoms with Gasteiger partial charge in [-0.3, -0.25) is 9.59 Å². The fourth-order valence-corrected chi connectivity index (χ4v) is 3.33. The van der Waals surface area contributed by atoms with Gasteiger partial charge in [0.25, 0.3) is 0 Å². The van der Waals surface area contributed by atoms with Gasteiger partial charge in [0.1, 0.15) is 6.04 Å². The molecule has 4 amide bonds. The summed E-state index contributed by atoms with van der Waals surface area (Å²) in [4.78, 5) is 41.3. The Kier molecular flexibility index (Phi) is 5.15. The molecule has 2 aliphatic heterocycles. The molecule has 1 aromatic heterocycles. The molecule has 2 aliphatic rings. The van der Waals surface area contributed by atoms with Gasteiger partial charge in [0.2, 0.25) is 11.8 Å². The standard InChI is InChI=1S/C17H25N5O4/c1-11(2)6-12-7-13(26-19-12)8-18-17(25)21-4-5-22-14(9-21)16(24)20(3)10-15(22)23/h7,11,14H,4-6,8-10H2,1-3H3,(H,18,25)/t14-/m1/s1. The molecule has 3 heterocycles. The van der Waals surface area contributed by atoms with Crippen LogP contribution in [0.15, 0.2) is 10.6 Å². The molecule has 3 rings (SSSR count). The molecule has 2 saturated heterocycles. The summed E-state index contributed by atoms with van der Waals surface area (Å²) in [5.41, 5.74) is 0.868. The van der Waals surface area contributed by atoms with Crippen LogP contribution in [0.1, 0.15) is 25.3 Å². The first-order valence-corrected chi connectivity index (χ1v) is 8.87. The predicted octanol–water partition coefficient (Wildman–Crippen LogP) is 0.0675. The van der Waals surface area contributed by atoms with E-state index in [1.807, 2.05) is 6.07 Å². The lowest BCUT2D eigenvalue weighted by atomic mass is 10.1. The van der Waals surface area contributed by atoms with Gasteiger partial charge >= 0.3 is 6.03 Å². The molecule has 1 aromatic rings. The third-order valence-electron chi connectivity index (χ3n) is 4.66. The van der Waals surface area contributed by atoms with Gasteiger partial charge in [-0.15, -0.1) is 0 Å². The Morgan fingerprint density at radius 1 is 1.38 bits per heavy atom. The number of nitrogens with one attached hydrogen (secondary N) is 1. The van der Waals surface area contributed by atoms with Crippen molar-refractivity contribution >= 4 is 17.8 Å². The van der Waals surface area contributed by atoms with Gasteiger partial charge in [-0.2, -0.15) is 0 Å². The second-order valence-corrected chi connectivity index (χ2v) is 7.28.